The highest BCUT2D eigenvalue weighted by molar-refractivity contribution is 5.18. The number of nitrogens with one attached hydrogen (secondary N) is 1. The second-order valence-electron chi connectivity index (χ2n) is 4.54. The van der Waals surface area contributed by atoms with Crippen LogP contribution in [0, 0.1) is 17.0 Å². The van der Waals surface area contributed by atoms with Gasteiger partial charge in [-0.25, -0.2) is 8.78 Å². The van der Waals surface area contributed by atoms with Gasteiger partial charge in [0.1, 0.15) is 11.6 Å². The third kappa shape index (κ3) is 2.57. The van der Waals surface area contributed by atoms with Gasteiger partial charge >= 0.3 is 0 Å². The topological polar surface area (TPSA) is 38.0 Å². The van der Waals surface area contributed by atoms with Gasteiger partial charge in [0.15, 0.2) is 0 Å². The number of hydrogen-bond donors (Lipinski definition) is 2. The molecule has 1 aromatic rings. The van der Waals surface area contributed by atoms with E-state index in [9.17, 15) is 8.78 Å². The molecule has 1 aliphatic rings. The first-order valence-corrected chi connectivity index (χ1v) is 5.50. The van der Waals surface area contributed by atoms with Crippen molar-refractivity contribution in [3.63, 3.8) is 0 Å². The molecule has 1 aliphatic carbocycles. The number of benzene rings is 1. The average Bonchev–Trinajstić information content (AvgIpc) is 3.04. The van der Waals surface area contributed by atoms with Crippen LogP contribution < -0.4 is 11.1 Å². The fourth-order valence-corrected chi connectivity index (χ4v) is 1.77. The third-order valence-electron chi connectivity index (χ3n) is 3.21. The average molecular weight is 226 g/mol. The van der Waals surface area contributed by atoms with Gasteiger partial charge in [0.05, 0.1) is 0 Å². The monoisotopic (exact) mass is 226 g/mol. The van der Waals surface area contributed by atoms with Crippen LogP contribution >= 0.6 is 0 Å². The van der Waals surface area contributed by atoms with E-state index >= 15 is 0 Å². The Labute approximate surface area is 93.8 Å². The highest BCUT2D eigenvalue weighted by atomic mass is 19.1. The molecule has 2 nitrogen and oxygen atoms in total. The maximum Gasteiger partial charge on any atom is 0.127 e. The van der Waals surface area contributed by atoms with Gasteiger partial charge in [-0.1, -0.05) is 0 Å². The molecule has 0 saturated heterocycles. The Morgan fingerprint density at radius 2 is 2.06 bits per heavy atom. The molecule has 0 heterocycles. The maximum absolute atomic E-state index is 13.3. The molecule has 2 rings (SSSR count). The number of hydrogen-bond acceptors (Lipinski definition) is 2. The summed E-state index contributed by atoms with van der Waals surface area (Å²) in [6.07, 6.45) is 2.25. The minimum absolute atomic E-state index is 0.212. The largest absolute Gasteiger partial charge is 0.330 e. The van der Waals surface area contributed by atoms with Crippen molar-refractivity contribution in [3.8, 4) is 0 Å². The SMILES string of the molecule is NCC1(CNCc2cc(F)ccc2F)CC1. The van der Waals surface area contributed by atoms with Crippen molar-refractivity contribution >= 4 is 0 Å². The van der Waals surface area contributed by atoms with Crippen molar-refractivity contribution in [2.24, 2.45) is 11.1 Å². The van der Waals surface area contributed by atoms with E-state index in [0.717, 1.165) is 31.5 Å². The Bertz CT molecular complexity index is 375. The molecule has 88 valence electrons. The Morgan fingerprint density at radius 3 is 2.69 bits per heavy atom. The molecular weight excluding hydrogens is 210 g/mol. The van der Waals surface area contributed by atoms with Crippen LogP contribution in [0.1, 0.15) is 18.4 Å². The van der Waals surface area contributed by atoms with Crippen LogP contribution in [0.25, 0.3) is 0 Å². The lowest BCUT2D eigenvalue weighted by Gasteiger charge is -2.13. The Morgan fingerprint density at radius 1 is 1.31 bits per heavy atom. The Hall–Kier alpha value is -1.00. The summed E-state index contributed by atoms with van der Waals surface area (Å²) < 4.78 is 26.1. The third-order valence-corrected chi connectivity index (χ3v) is 3.21. The van der Waals surface area contributed by atoms with Gasteiger partial charge in [0, 0.05) is 18.7 Å². The summed E-state index contributed by atoms with van der Waals surface area (Å²) in [4.78, 5) is 0. The van der Waals surface area contributed by atoms with Crippen LogP contribution in [-0.2, 0) is 6.54 Å². The van der Waals surface area contributed by atoms with Gasteiger partial charge in [-0.2, -0.15) is 0 Å². The summed E-state index contributed by atoms with van der Waals surface area (Å²) in [7, 11) is 0. The highest BCUT2D eigenvalue weighted by Gasteiger charge is 2.40. The van der Waals surface area contributed by atoms with Crippen LogP contribution in [0.15, 0.2) is 18.2 Å². The first kappa shape index (κ1) is 11.5. The van der Waals surface area contributed by atoms with Crippen molar-refractivity contribution in [1.82, 2.24) is 5.32 Å². The number of halogens is 2. The van der Waals surface area contributed by atoms with Gasteiger partial charge < -0.3 is 11.1 Å². The van der Waals surface area contributed by atoms with E-state index in [2.05, 4.69) is 5.32 Å². The molecule has 1 aromatic carbocycles. The van der Waals surface area contributed by atoms with Crippen molar-refractivity contribution in [1.29, 1.82) is 0 Å². The second kappa shape index (κ2) is 4.47. The fraction of sp³-hybridized carbons (Fsp3) is 0.500. The van der Waals surface area contributed by atoms with Gasteiger partial charge in [0.25, 0.3) is 0 Å². The Kier molecular flexibility index (Phi) is 3.21. The minimum Gasteiger partial charge on any atom is -0.330 e. The standard InChI is InChI=1S/C12H16F2N2/c13-10-1-2-11(14)9(5-10)6-16-8-12(7-15)3-4-12/h1-2,5,16H,3-4,6-8,15H2. The van der Waals surface area contributed by atoms with Gasteiger partial charge in [-0.15, -0.1) is 0 Å². The van der Waals surface area contributed by atoms with E-state index in [-0.39, 0.29) is 11.2 Å². The van der Waals surface area contributed by atoms with Crippen LogP contribution in [0.2, 0.25) is 0 Å². The Balaban J connectivity index is 1.87. The van der Waals surface area contributed by atoms with Gasteiger partial charge in [0.2, 0.25) is 0 Å². The maximum atomic E-state index is 13.3. The van der Waals surface area contributed by atoms with E-state index in [4.69, 9.17) is 5.73 Å². The summed E-state index contributed by atoms with van der Waals surface area (Å²) in [5, 5.41) is 3.14. The van der Waals surface area contributed by atoms with Crippen molar-refractivity contribution < 1.29 is 8.78 Å². The fourth-order valence-electron chi connectivity index (χ4n) is 1.77. The van der Waals surface area contributed by atoms with Crippen LogP contribution in [0.4, 0.5) is 8.78 Å². The first-order chi connectivity index (χ1) is 7.65. The van der Waals surface area contributed by atoms with Crippen molar-refractivity contribution in [2.45, 2.75) is 19.4 Å². The lowest BCUT2D eigenvalue weighted by molar-refractivity contribution is 0.461. The molecule has 0 unspecified atom stereocenters. The molecule has 0 spiro atoms. The lowest BCUT2D eigenvalue weighted by Crippen LogP contribution is -2.29. The molecule has 1 fully saturated rings. The normalized spacial score (nSPS) is 17.4. The smallest absolute Gasteiger partial charge is 0.127 e. The number of nitrogens with two attached hydrogens (primary N) is 1. The van der Waals surface area contributed by atoms with E-state index in [1.165, 1.54) is 6.07 Å². The molecule has 1 saturated carbocycles. The molecular formula is C12H16F2N2. The molecule has 0 aromatic heterocycles. The molecule has 0 bridgehead atoms. The summed E-state index contributed by atoms with van der Waals surface area (Å²) in [6.45, 7) is 1.79. The lowest BCUT2D eigenvalue weighted by atomic mass is 10.1. The summed E-state index contributed by atoms with van der Waals surface area (Å²) in [6, 6.07) is 3.51. The molecule has 0 radical (unpaired) electrons. The molecule has 16 heavy (non-hydrogen) atoms. The number of rotatable bonds is 5. The quantitative estimate of drug-likeness (QED) is 0.803. The van der Waals surface area contributed by atoms with Gasteiger partial charge in [-0.3, -0.25) is 0 Å². The second-order valence-corrected chi connectivity index (χ2v) is 4.54. The van der Waals surface area contributed by atoms with E-state index in [0.29, 0.717) is 18.7 Å². The molecule has 0 amide bonds. The van der Waals surface area contributed by atoms with E-state index in [1.54, 1.807) is 0 Å². The predicted octanol–water partition coefficient (Wildman–Crippen LogP) is 1.79. The molecule has 0 atom stereocenters. The molecule has 0 aliphatic heterocycles. The molecule has 3 N–H and O–H groups in total. The van der Waals surface area contributed by atoms with E-state index < -0.39 is 5.82 Å². The van der Waals surface area contributed by atoms with Crippen LogP contribution in [-0.4, -0.2) is 13.1 Å². The van der Waals surface area contributed by atoms with Crippen LogP contribution in [0.5, 0.6) is 0 Å². The van der Waals surface area contributed by atoms with Crippen molar-refractivity contribution in [2.75, 3.05) is 13.1 Å². The molecule has 4 heteroatoms. The zero-order valence-electron chi connectivity index (χ0n) is 9.10. The first-order valence-electron chi connectivity index (χ1n) is 5.50. The zero-order chi connectivity index (χ0) is 11.6. The van der Waals surface area contributed by atoms with Crippen molar-refractivity contribution in [3.05, 3.63) is 35.4 Å². The summed E-state index contributed by atoms with van der Waals surface area (Å²) in [5.74, 6) is -0.773. The minimum atomic E-state index is -0.404. The van der Waals surface area contributed by atoms with E-state index in [1.807, 2.05) is 0 Å². The summed E-state index contributed by atoms with van der Waals surface area (Å²) >= 11 is 0. The highest BCUT2D eigenvalue weighted by Crippen LogP contribution is 2.43. The summed E-state index contributed by atoms with van der Waals surface area (Å²) in [5.41, 5.74) is 6.21. The van der Waals surface area contributed by atoms with Gasteiger partial charge in [-0.05, 0) is 43.0 Å². The zero-order valence-corrected chi connectivity index (χ0v) is 9.10. The predicted molar refractivity (Wildman–Crippen MR) is 58.8 cm³/mol. The van der Waals surface area contributed by atoms with Crippen LogP contribution in [0.3, 0.4) is 0 Å².